The van der Waals surface area contributed by atoms with Gasteiger partial charge in [0.2, 0.25) is 0 Å². The van der Waals surface area contributed by atoms with Crippen molar-refractivity contribution in [3.63, 3.8) is 0 Å². The fraction of sp³-hybridized carbons (Fsp3) is 0.206. The second-order valence-electron chi connectivity index (χ2n) is 11.0. The van der Waals surface area contributed by atoms with Crippen molar-refractivity contribution in [3.05, 3.63) is 136 Å². The molecule has 4 aromatic rings. The molecule has 5 rings (SSSR count). The summed E-state index contributed by atoms with van der Waals surface area (Å²) in [4.78, 5) is 13.5. The second-order valence-corrected chi connectivity index (χ2v) is 12.8. The molecule has 0 bridgehead atoms. The van der Waals surface area contributed by atoms with E-state index >= 15 is 0 Å². The van der Waals surface area contributed by atoms with Crippen LogP contribution >= 0.6 is 0 Å². The summed E-state index contributed by atoms with van der Waals surface area (Å²) >= 11 is 0. The largest absolute Gasteiger partial charge is 0.492 e. The summed E-state index contributed by atoms with van der Waals surface area (Å²) in [6, 6.07) is 33.7. The molecule has 1 amide bonds. The van der Waals surface area contributed by atoms with E-state index in [1.165, 1.54) is 9.87 Å². The molecule has 6 nitrogen and oxygen atoms in total. The van der Waals surface area contributed by atoms with E-state index in [1.54, 1.807) is 6.07 Å². The van der Waals surface area contributed by atoms with E-state index in [0.717, 1.165) is 5.56 Å². The van der Waals surface area contributed by atoms with Crippen molar-refractivity contribution in [1.29, 1.82) is 0 Å². The summed E-state index contributed by atoms with van der Waals surface area (Å²) in [6.45, 7) is 6.88. The highest BCUT2D eigenvalue weighted by Gasteiger charge is 2.41. The van der Waals surface area contributed by atoms with Crippen LogP contribution in [0, 0.1) is 0 Å². The lowest BCUT2D eigenvalue weighted by atomic mass is 9.87. The third-order valence-corrected chi connectivity index (χ3v) is 8.84. The van der Waals surface area contributed by atoms with Gasteiger partial charge in [0.05, 0.1) is 18.8 Å². The summed E-state index contributed by atoms with van der Waals surface area (Å²) < 4.78 is 35.7. The molecular weight excluding hydrogens is 532 g/mol. The average Bonchev–Trinajstić information content (AvgIpc) is 2.97. The number of ether oxygens (including phenoxy) is 1. The second kappa shape index (κ2) is 11.6. The van der Waals surface area contributed by atoms with E-state index in [1.807, 2.05) is 103 Å². The zero-order chi connectivity index (χ0) is 29.0. The third-order valence-electron chi connectivity index (χ3n) is 7.03. The average molecular weight is 567 g/mol. The van der Waals surface area contributed by atoms with Gasteiger partial charge in [0, 0.05) is 11.1 Å². The monoisotopic (exact) mass is 566 g/mol. The van der Waals surface area contributed by atoms with Crippen molar-refractivity contribution in [2.45, 2.75) is 32.7 Å². The van der Waals surface area contributed by atoms with E-state index in [2.05, 4.69) is 26.1 Å². The first-order chi connectivity index (χ1) is 19.7. The van der Waals surface area contributed by atoms with Crippen LogP contribution in [-0.4, -0.2) is 27.5 Å². The minimum absolute atomic E-state index is 0.0369. The van der Waals surface area contributed by atoms with Crippen LogP contribution in [-0.2, 0) is 26.8 Å². The van der Waals surface area contributed by atoms with E-state index in [-0.39, 0.29) is 30.0 Å². The first kappa shape index (κ1) is 28.2. The topological polar surface area (TPSA) is 75.7 Å². The number of nitrogens with zero attached hydrogens (tertiary/aromatic N) is 1. The van der Waals surface area contributed by atoms with Gasteiger partial charge in [-0.2, -0.15) is 0 Å². The minimum Gasteiger partial charge on any atom is -0.492 e. The molecule has 1 aliphatic heterocycles. The van der Waals surface area contributed by atoms with Crippen molar-refractivity contribution < 1.29 is 17.9 Å². The molecule has 0 saturated carbocycles. The number of anilines is 1. The maximum absolute atomic E-state index is 14.2. The van der Waals surface area contributed by atoms with Gasteiger partial charge >= 0.3 is 0 Å². The molecule has 41 heavy (non-hydrogen) atoms. The lowest BCUT2D eigenvalue weighted by Gasteiger charge is -2.33. The molecule has 1 N–H and O–H groups in total. The van der Waals surface area contributed by atoms with Gasteiger partial charge in [-0.25, -0.2) is 8.42 Å². The van der Waals surface area contributed by atoms with Crippen LogP contribution in [0.15, 0.2) is 114 Å². The molecule has 0 radical (unpaired) electrons. The normalized spacial score (nSPS) is 14.4. The molecule has 0 spiro atoms. The summed E-state index contributed by atoms with van der Waals surface area (Å²) in [6.07, 6.45) is 0. The SMILES string of the molecule is CC(C)(C)c1ccc(OCCNC(=O)C2=C(c3ccccc3)c3ccccc3N(Cc3ccccc3)S2(=O)=O)cc1. The van der Waals surface area contributed by atoms with Gasteiger partial charge in [-0.3, -0.25) is 9.10 Å². The molecule has 7 heteroatoms. The highest BCUT2D eigenvalue weighted by molar-refractivity contribution is 7.97. The van der Waals surface area contributed by atoms with E-state index in [0.29, 0.717) is 28.1 Å². The van der Waals surface area contributed by atoms with Crippen molar-refractivity contribution in [3.8, 4) is 5.75 Å². The van der Waals surface area contributed by atoms with Crippen LogP contribution < -0.4 is 14.4 Å². The van der Waals surface area contributed by atoms with Crippen LogP contribution in [0.5, 0.6) is 5.75 Å². The Morgan fingerprint density at radius 3 is 2.07 bits per heavy atom. The first-order valence-corrected chi connectivity index (χ1v) is 15.1. The van der Waals surface area contributed by atoms with Gasteiger partial charge in [0.25, 0.3) is 15.9 Å². The quantitative estimate of drug-likeness (QED) is 0.255. The fourth-order valence-corrected chi connectivity index (χ4v) is 6.65. The van der Waals surface area contributed by atoms with Gasteiger partial charge in [-0.1, -0.05) is 112 Å². The Bertz CT molecular complexity index is 1660. The molecule has 0 unspecified atom stereocenters. The summed E-state index contributed by atoms with van der Waals surface area (Å²) in [7, 11) is -4.22. The van der Waals surface area contributed by atoms with Crippen LogP contribution in [0.1, 0.15) is 43.0 Å². The molecule has 210 valence electrons. The smallest absolute Gasteiger partial charge is 0.270 e. The summed E-state index contributed by atoms with van der Waals surface area (Å²) in [5, 5.41) is 2.80. The summed E-state index contributed by atoms with van der Waals surface area (Å²) in [5.41, 5.74) is 4.32. The van der Waals surface area contributed by atoms with Gasteiger partial charge < -0.3 is 10.1 Å². The van der Waals surface area contributed by atoms with Crippen molar-refractivity contribution in [2.24, 2.45) is 0 Å². The molecule has 4 aromatic carbocycles. The van der Waals surface area contributed by atoms with Crippen molar-refractivity contribution in [1.82, 2.24) is 5.32 Å². The molecule has 0 atom stereocenters. The highest BCUT2D eigenvalue weighted by Crippen LogP contribution is 2.43. The first-order valence-electron chi connectivity index (χ1n) is 13.6. The number of hydrogen-bond donors (Lipinski definition) is 1. The molecule has 1 aliphatic rings. The molecule has 0 aliphatic carbocycles. The van der Waals surface area contributed by atoms with E-state index in [4.69, 9.17) is 4.74 Å². The third kappa shape index (κ3) is 6.05. The minimum atomic E-state index is -4.22. The van der Waals surface area contributed by atoms with Crippen molar-refractivity contribution in [2.75, 3.05) is 17.5 Å². The Balaban J connectivity index is 1.45. The Morgan fingerprint density at radius 1 is 0.805 bits per heavy atom. The number of carbonyl (C=O) groups is 1. The predicted molar refractivity (Wildman–Crippen MR) is 164 cm³/mol. The van der Waals surface area contributed by atoms with E-state index < -0.39 is 15.9 Å². The maximum atomic E-state index is 14.2. The number of sulfonamides is 1. The number of nitrogens with one attached hydrogen (secondary N) is 1. The van der Waals surface area contributed by atoms with Crippen LogP contribution in [0.4, 0.5) is 5.69 Å². The standard InChI is InChI=1S/C34H34N2O4S/c1-34(2,3)27-18-20-28(21-19-27)40-23-22-35-33(37)32-31(26-14-8-5-9-15-26)29-16-10-11-17-30(29)36(41(32,38)39)24-25-12-6-4-7-13-25/h4-21H,22-24H2,1-3H3,(H,35,37). The lowest BCUT2D eigenvalue weighted by Crippen LogP contribution is -2.42. The lowest BCUT2D eigenvalue weighted by molar-refractivity contribution is -0.116. The van der Waals surface area contributed by atoms with Gasteiger partial charge in [0.1, 0.15) is 12.4 Å². The Hall–Kier alpha value is -4.36. The van der Waals surface area contributed by atoms with Crippen LogP contribution in [0.2, 0.25) is 0 Å². The summed E-state index contributed by atoms with van der Waals surface area (Å²) in [5.74, 6) is 0.0211. The number of carbonyl (C=O) groups excluding carboxylic acids is 1. The zero-order valence-corrected chi connectivity index (χ0v) is 24.3. The molecule has 0 fully saturated rings. The zero-order valence-electron chi connectivity index (χ0n) is 23.5. The number of benzene rings is 4. The fourth-order valence-electron chi connectivity index (χ4n) is 4.90. The Morgan fingerprint density at radius 2 is 1.41 bits per heavy atom. The number of amides is 1. The Kier molecular flexibility index (Phi) is 7.99. The number of hydrogen-bond acceptors (Lipinski definition) is 4. The molecule has 1 heterocycles. The van der Waals surface area contributed by atoms with Crippen molar-refractivity contribution >= 4 is 27.2 Å². The number of rotatable bonds is 8. The van der Waals surface area contributed by atoms with Gasteiger partial charge in [0.15, 0.2) is 4.91 Å². The van der Waals surface area contributed by atoms with E-state index in [9.17, 15) is 13.2 Å². The molecular formula is C34H34N2O4S. The number of fused-ring (bicyclic) bond motifs is 1. The predicted octanol–water partition coefficient (Wildman–Crippen LogP) is 6.29. The number of para-hydroxylation sites is 1. The molecule has 0 saturated heterocycles. The maximum Gasteiger partial charge on any atom is 0.270 e. The molecule has 0 aromatic heterocycles. The van der Waals surface area contributed by atoms with Gasteiger partial charge in [-0.15, -0.1) is 0 Å². The van der Waals surface area contributed by atoms with Gasteiger partial charge in [-0.05, 0) is 40.3 Å². The van der Waals surface area contributed by atoms with Crippen LogP contribution in [0.25, 0.3) is 5.57 Å². The highest BCUT2D eigenvalue weighted by atomic mass is 32.2. The van der Waals surface area contributed by atoms with Crippen LogP contribution in [0.3, 0.4) is 0 Å². The Labute approximate surface area is 242 Å².